The van der Waals surface area contributed by atoms with Gasteiger partial charge in [0, 0.05) is 0 Å². The van der Waals surface area contributed by atoms with E-state index in [-0.39, 0.29) is 0 Å². The van der Waals surface area contributed by atoms with Crippen LogP contribution in [-0.4, -0.2) is 15.0 Å². The van der Waals surface area contributed by atoms with E-state index in [1.165, 1.54) is 15.4 Å². The molecule has 0 spiro atoms. The molecule has 0 radical (unpaired) electrons. The Kier molecular flexibility index (Phi) is 3.47. The van der Waals surface area contributed by atoms with Gasteiger partial charge in [0.15, 0.2) is 0 Å². The van der Waals surface area contributed by atoms with Crippen LogP contribution in [0.3, 0.4) is 0 Å². The average Bonchev–Trinajstić information content (AvgIpc) is 1.95. The van der Waals surface area contributed by atoms with Crippen molar-refractivity contribution in [1.29, 1.82) is 0 Å². The van der Waals surface area contributed by atoms with Crippen molar-refractivity contribution in [3.8, 4) is 0 Å². The molecular formula is C8H9BrSe. The van der Waals surface area contributed by atoms with Crippen molar-refractivity contribution < 1.29 is 0 Å². The molecule has 0 aliphatic heterocycles. The molecule has 2 heteroatoms. The van der Waals surface area contributed by atoms with Crippen molar-refractivity contribution >= 4 is 30.9 Å². The quantitative estimate of drug-likeness (QED) is 0.720. The molecule has 1 aromatic carbocycles. The summed E-state index contributed by atoms with van der Waals surface area (Å²) >= 11 is 4.16. The van der Waals surface area contributed by atoms with Gasteiger partial charge in [0.1, 0.15) is 0 Å². The Morgan fingerprint density at radius 3 is 2.40 bits per heavy atom. The maximum atomic E-state index is 3.40. The minimum atomic E-state index is 0.758. The summed E-state index contributed by atoms with van der Waals surface area (Å²) in [6.45, 7) is 0. The van der Waals surface area contributed by atoms with Gasteiger partial charge in [-0.25, -0.2) is 0 Å². The van der Waals surface area contributed by atoms with Gasteiger partial charge in [0.05, 0.1) is 0 Å². The van der Waals surface area contributed by atoms with Gasteiger partial charge in [-0.15, -0.1) is 0 Å². The van der Waals surface area contributed by atoms with Gasteiger partial charge >= 0.3 is 76.3 Å². The summed E-state index contributed by atoms with van der Waals surface area (Å²) in [5.41, 5.74) is 1.45. The first-order valence-electron chi connectivity index (χ1n) is 3.06. The maximum absolute atomic E-state index is 3.40. The molecule has 0 saturated carbocycles. The molecule has 0 unspecified atom stereocenters. The van der Waals surface area contributed by atoms with Crippen molar-refractivity contribution in [2.45, 2.75) is 11.1 Å². The second-order valence-corrected chi connectivity index (χ2v) is 4.79. The van der Waals surface area contributed by atoms with Crippen LogP contribution in [0.2, 0.25) is 5.82 Å². The minimum absolute atomic E-state index is 0.758. The zero-order valence-corrected chi connectivity index (χ0v) is 9.10. The molecule has 0 fully saturated rings. The normalized spacial score (nSPS) is 9.80. The van der Waals surface area contributed by atoms with Gasteiger partial charge in [-0.05, 0) is 0 Å². The predicted octanol–water partition coefficient (Wildman–Crippen LogP) is 2.70. The SMILES string of the molecule is C[Se]Cc1ccc(Br)cc1. The van der Waals surface area contributed by atoms with Crippen LogP contribution in [0.1, 0.15) is 5.56 Å². The van der Waals surface area contributed by atoms with E-state index in [1.54, 1.807) is 0 Å². The Morgan fingerprint density at radius 2 is 1.90 bits per heavy atom. The molecule has 1 rings (SSSR count). The monoisotopic (exact) mass is 264 g/mol. The summed E-state index contributed by atoms with van der Waals surface area (Å²) < 4.78 is 1.17. The molecule has 54 valence electrons. The first kappa shape index (κ1) is 8.32. The third-order valence-electron chi connectivity index (χ3n) is 1.22. The first-order chi connectivity index (χ1) is 4.83. The molecule has 0 aromatic heterocycles. The van der Waals surface area contributed by atoms with Crippen molar-refractivity contribution in [1.82, 2.24) is 0 Å². The molecule has 0 atom stereocenters. The average molecular weight is 264 g/mol. The Hall–Kier alpha value is 0.219. The van der Waals surface area contributed by atoms with Crippen LogP contribution < -0.4 is 0 Å². The second-order valence-electron chi connectivity index (χ2n) is 2.06. The van der Waals surface area contributed by atoms with E-state index in [2.05, 4.69) is 46.0 Å². The van der Waals surface area contributed by atoms with E-state index >= 15 is 0 Å². The summed E-state index contributed by atoms with van der Waals surface area (Å²) in [5.74, 6) is 2.26. The fourth-order valence-corrected chi connectivity index (χ4v) is 2.11. The Balaban J connectivity index is 2.69. The third kappa shape index (κ3) is 2.45. The van der Waals surface area contributed by atoms with E-state index < -0.39 is 0 Å². The van der Waals surface area contributed by atoms with Crippen LogP contribution in [-0.2, 0) is 5.32 Å². The van der Waals surface area contributed by atoms with Crippen molar-refractivity contribution in [3.63, 3.8) is 0 Å². The van der Waals surface area contributed by atoms with Crippen molar-refractivity contribution in [2.24, 2.45) is 0 Å². The van der Waals surface area contributed by atoms with Crippen molar-refractivity contribution in [2.75, 3.05) is 0 Å². The Morgan fingerprint density at radius 1 is 1.30 bits per heavy atom. The van der Waals surface area contributed by atoms with Crippen LogP contribution in [0, 0.1) is 0 Å². The van der Waals surface area contributed by atoms with Crippen molar-refractivity contribution in [3.05, 3.63) is 34.3 Å². The van der Waals surface area contributed by atoms with E-state index in [0.717, 1.165) is 15.0 Å². The van der Waals surface area contributed by atoms with Gasteiger partial charge in [-0.1, -0.05) is 0 Å². The first-order valence-corrected chi connectivity index (χ1v) is 6.78. The molecule has 0 bridgehead atoms. The van der Waals surface area contributed by atoms with Crippen LogP contribution in [0.5, 0.6) is 0 Å². The zero-order valence-electron chi connectivity index (χ0n) is 5.80. The number of benzene rings is 1. The number of hydrogen-bond donors (Lipinski definition) is 0. The molecule has 0 amide bonds. The number of rotatable bonds is 2. The standard InChI is InChI=1S/C8H9BrSe/c1-10-6-7-2-4-8(9)5-3-7/h2-5H,6H2,1H3. The molecule has 10 heavy (non-hydrogen) atoms. The van der Waals surface area contributed by atoms with Gasteiger partial charge < -0.3 is 0 Å². The van der Waals surface area contributed by atoms with Gasteiger partial charge in [-0.2, -0.15) is 0 Å². The van der Waals surface area contributed by atoms with E-state index in [0.29, 0.717) is 0 Å². The van der Waals surface area contributed by atoms with Gasteiger partial charge in [0.25, 0.3) is 0 Å². The molecule has 0 nitrogen and oxygen atoms in total. The molecule has 0 aliphatic rings. The van der Waals surface area contributed by atoms with Crippen LogP contribution in [0.15, 0.2) is 28.7 Å². The van der Waals surface area contributed by atoms with E-state index in [4.69, 9.17) is 0 Å². The van der Waals surface area contributed by atoms with E-state index in [9.17, 15) is 0 Å². The van der Waals surface area contributed by atoms with Gasteiger partial charge in [0.2, 0.25) is 0 Å². The van der Waals surface area contributed by atoms with E-state index in [1.807, 2.05) is 0 Å². The van der Waals surface area contributed by atoms with Crippen LogP contribution in [0.25, 0.3) is 0 Å². The molecular weight excluding hydrogens is 255 g/mol. The molecule has 0 heterocycles. The van der Waals surface area contributed by atoms with Gasteiger partial charge in [-0.3, -0.25) is 0 Å². The third-order valence-corrected chi connectivity index (χ3v) is 3.06. The van der Waals surface area contributed by atoms with Crippen LogP contribution >= 0.6 is 15.9 Å². The zero-order chi connectivity index (χ0) is 7.40. The molecule has 0 aliphatic carbocycles. The number of hydrogen-bond acceptors (Lipinski definition) is 0. The predicted molar refractivity (Wildman–Crippen MR) is 49.5 cm³/mol. The summed E-state index contributed by atoms with van der Waals surface area (Å²) in [5, 5.41) is 1.25. The number of halogens is 1. The fourth-order valence-electron chi connectivity index (χ4n) is 0.747. The summed E-state index contributed by atoms with van der Waals surface area (Å²) in [6, 6.07) is 8.55. The summed E-state index contributed by atoms with van der Waals surface area (Å²) in [6.07, 6.45) is 0. The summed E-state index contributed by atoms with van der Waals surface area (Å²) in [7, 11) is 0. The fraction of sp³-hybridized carbons (Fsp3) is 0.250. The molecule has 0 N–H and O–H groups in total. The molecule has 0 saturated heterocycles. The summed E-state index contributed by atoms with van der Waals surface area (Å²) in [4.78, 5) is 0. The van der Waals surface area contributed by atoms with Crippen LogP contribution in [0.4, 0.5) is 0 Å². The Bertz CT molecular complexity index is 193. The Labute approximate surface area is 76.3 Å². The second kappa shape index (κ2) is 4.17. The topological polar surface area (TPSA) is 0 Å². The molecule has 1 aromatic rings.